The van der Waals surface area contributed by atoms with E-state index in [1.165, 1.54) is 12.1 Å². The highest BCUT2D eigenvalue weighted by Gasteiger charge is 2.25. The van der Waals surface area contributed by atoms with Crippen molar-refractivity contribution in [3.05, 3.63) is 70.9 Å². The monoisotopic (exact) mass is 647 g/mol. The van der Waals surface area contributed by atoms with Crippen molar-refractivity contribution in [2.45, 2.75) is 24.7 Å². The fourth-order valence-electron chi connectivity index (χ4n) is 5.70. The highest BCUT2D eigenvalue weighted by molar-refractivity contribution is 7.90. The first-order valence-corrected chi connectivity index (χ1v) is 16.7. The van der Waals surface area contributed by atoms with E-state index in [1.54, 1.807) is 30.5 Å². The summed E-state index contributed by atoms with van der Waals surface area (Å²) in [5.41, 5.74) is 2.87. The fraction of sp³-hybridized carbons (Fsp3) is 0.375. The third-order valence-electron chi connectivity index (χ3n) is 8.41. The highest BCUT2D eigenvalue weighted by atomic mass is 32.2. The van der Waals surface area contributed by atoms with Gasteiger partial charge in [0.15, 0.2) is 0 Å². The molecule has 1 amide bonds. The lowest BCUT2D eigenvalue weighted by molar-refractivity contribution is 0.0699. The van der Waals surface area contributed by atoms with Crippen molar-refractivity contribution in [1.82, 2.24) is 19.6 Å². The minimum Gasteiger partial charge on any atom is -0.455 e. The van der Waals surface area contributed by atoms with Crippen molar-refractivity contribution in [1.29, 1.82) is 0 Å². The number of nitroso groups, excluding NO2 is 1. The average molecular weight is 648 g/mol. The Morgan fingerprint density at radius 1 is 1.09 bits per heavy atom. The second-order valence-electron chi connectivity index (χ2n) is 11.8. The van der Waals surface area contributed by atoms with Crippen molar-refractivity contribution in [3.63, 3.8) is 0 Å². The maximum Gasteiger partial charge on any atom is 0.268 e. The molecule has 3 N–H and O–H groups in total. The zero-order chi connectivity index (χ0) is 32.3. The van der Waals surface area contributed by atoms with Crippen molar-refractivity contribution in [2.24, 2.45) is 11.1 Å². The number of rotatable bonds is 10. The first-order valence-electron chi connectivity index (χ1n) is 15.3. The van der Waals surface area contributed by atoms with E-state index >= 15 is 0 Å². The molecule has 46 heavy (non-hydrogen) atoms. The quantitative estimate of drug-likeness (QED) is 0.205. The van der Waals surface area contributed by atoms with Crippen LogP contribution in [0.1, 0.15) is 28.9 Å². The largest absolute Gasteiger partial charge is 0.455 e. The van der Waals surface area contributed by atoms with Crippen LogP contribution in [0.4, 0.5) is 17.1 Å². The molecule has 6 rings (SSSR count). The van der Waals surface area contributed by atoms with E-state index in [-0.39, 0.29) is 21.9 Å². The van der Waals surface area contributed by atoms with Crippen LogP contribution < -0.4 is 19.7 Å². The summed E-state index contributed by atoms with van der Waals surface area (Å²) in [6, 6.07) is 12.8. The fourth-order valence-corrected chi connectivity index (χ4v) is 6.69. The van der Waals surface area contributed by atoms with E-state index < -0.39 is 15.9 Å². The van der Waals surface area contributed by atoms with Gasteiger partial charge in [0.05, 0.1) is 22.3 Å². The number of H-pyrrole nitrogens is 1. The molecule has 2 aromatic heterocycles. The Bertz CT molecular complexity index is 1850. The Labute approximate surface area is 267 Å². The topological polar surface area (TPSA) is 158 Å². The Morgan fingerprint density at radius 2 is 1.87 bits per heavy atom. The maximum absolute atomic E-state index is 13.6. The number of anilines is 2. The summed E-state index contributed by atoms with van der Waals surface area (Å²) < 4.78 is 40.5. The van der Waals surface area contributed by atoms with Gasteiger partial charge in [-0.25, -0.2) is 18.1 Å². The minimum atomic E-state index is -4.38. The molecule has 0 radical (unpaired) electrons. The molecule has 4 heterocycles. The number of hydrogen-bond acceptors (Lipinski definition) is 11. The Kier molecular flexibility index (Phi) is 9.20. The predicted molar refractivity (Wildman–Crippen MR) is 176 cm³/mol. The lowest BCUT2D eigenvalue weighted by Gasteiger charge is -2.34. The number of hydrogen-bond donors (Lipinski definition) is 3. The summed E-state index contributed by atoms with van der Waals surface area (Å²) in [6.45, 7) is 7.25. The molecule has 0 spiro atoms. The molecule has 2 saturated heterocycles. The summed E-state index contributed by atoms with van der Waals surface area (Å²) in [4.78, 5) is 37.0. The number of nitrogens with one attached hydrogen (secondary N) is 3. The first-order chi connectivity index (χ1) is 22.2. The third-order valence-corrected chi connectivity index (χ3v) is 9.74. The van der Waals surface area contributed by atoms with Gasteiger partial charge in [-0.3, -0.25) is 4.79 Å². The van der Waals surface area contributed by atoms with Gasteiger partial charge in [-0.2, -0.15) is 0 Å². The summed E-state index contributed by atoms with van der Waals surface area (Å²) >= 11 is 0. The standard InChI is InChI=1S/C32H37N7O6S/c1-21-15-23-16-25(20-34-31(23)35-21)45-30-17-24(39-11-9-38(2)10-12-39)3-5-27(30)32(40)37-46(42,43)26-4-6-28(29(18-26)36-41)33-19-22-7-13-44-14-8-22/h3-6,15-18,20,22,33H,7-14,19H2,1-2H3,(H,34,35)(H,37,40). The summed E-state index contributed by atoms with van der Waals surface area (Å²) in [5.74, 6) is 0.0681. The summed E-state index contributed by atoms with van der Waals surface area (Å²) in [5, 5.41) is 7.07. The number of likely N-dealkylation sites (N-methyl/N-ethyl adjacent to an activating group) is 1. The first kappa shape index (κ1) is 31.5. The lowest BCUT2D eigenvalue weighted by atomic mass is 10.0. The molecular weight excluding hydrogens is 610 g/mol. The normalized spacial score (nSPS) is 16.3. The van der Waals surface area contributed by atoms with Gasteiger partial charge in [0, 0.05) is 68.8 Å². The number of carbonyl (C=O) groups excluding carboxylic acids is 1. The van der Waals surface area contributed by atoms with Crippen molar-refractivity contribution in [3.8, 4) is 11.5 Å². The molecule has 14 heteroatoms. The van der Waals surface area contributed by atoms with E-state index in [2.05, 4.69) is 42.0 Å². The van der Waals surface area contributed by atoms with Crippen LogP contribution >= 0.6 is 0 Å². The number of pyridine rings is 1. The van der Waals surface area contributed by atoms with Crippen molar-refractivity contribution < 1.29 is 22.7 Å². The smallest absolute Gasteiger partial charge is 0.268 e. The van der Waals surface area contributed by atoms with Crippen molar-refractivity contribution in [2.75, 3.05) is 63.2 Å². The van der Waals surface area contributed by atoms with Crippen LogP contribution in [0.2, 0.25) is 0 Å². The Hall–Kier alpha value is -4.53. The molecule has 2 aliphatic rings. The second kappa shape index (κ2) is 13.4. The van der Waals surface area contributed by atoms with Gasteiger partial charge in [-0.15, -0.1) is 4.91 Å². The van der Waals surface area contributed by atoms with Gasteiger partial charge in [-0.05, 0) is 80.4 Å². The molecule has 0 bridgehead atoms. The van der Waals surface area contributed by atoms with Gasteiger partial charge in [0.1, 0.15) is 22.8 Å². The zero-order valence-electron chi connectivity index (χ0n) is 25.8. The zero-order valence-corrected chi connectivity index (χ0v) is 26.6. The number of fused-ring (bicyclic) bond motifs is 1. The molecular formula is C32H37N7O6S. The van der Waals surface area contributed by atoms with Gasteiger partial charge < -0.3 is 29.6 Å². The average Bonchev–Trinajstić information content (AvgIpc) is 3.43. The van der Waals surface area contributed by atoms with Gasteiger partial charge in [0.2, 0.25) is 0 Å². The van der Waals surface area contributed by atoms with Crippen LogP contribution in [0.15, 0.2) is 64.8 Å². The van der Waals surface area contributed by atoms with E-state index in [0.717, 1.165) is 61.9 Å². The minimum absolute atomic E-state index is 0.0234. The van der Waals surface area contributed by atoms with Crippen LogP contribution in [0.25, 0.3) is 11.0 Å². The van der Waals surface area contributed by atoms with Gasteiger partial charge in [-0.1, -0.05) is 0 Å². The highest BCUT2D eigenvalue weighted by Crippen LogP contribution is 2.33. The number of amides is 1. The molecule has 0 atom stereocenters. The van der Waals surface area contributed by atoms with Crippen LogP contribution in [-0.4, -0.2) is 82.2 Å². The molecule has 13 nitrogen and oxygen atoms in total. The number of benzene rings is 2. The number of aromatic amines is 1. The lowest BCUT2D eigenvalue weighted by Crippen LogP contribution is -2.44. The SMILES string of the molecule is Cc1cc2cc(Oc3cc(N4CCN(C)CC4)ccc3C(=O)NS(=O)(=O)c3ccc(NCC4CCOCC4)c(N=O)c3)cnc2[nH]1. The number of carbonyl (C=O) groups is 1. The van der Waals surface area contributed by atoms with Crippen LogP contribution in [0.5, 0.6) is 11.5 Å². The molecule has 2 aromatic carbocycles. The number of nitrogens with zero attached hydrogens (tertiary/aromatic N) is 4. The van der Waals surface area contributed by atoms with Crippen molar-refractivity contribution >= 4 is 44.0 Å². The van der Waals surface area contributed by atoms with Crippen LogP contribution in [-0.2, 0) is 14.8 Å². The van der Waals surface area contributed by atoms with E-state index in [0.29, 0.717) is 42.8 Å². The molecule has 2 aliphatic heterocycles. The molecule has 4 aromatic rings. The Balaban J connectivity index is 1.24. The number of piperazine rings is 1. The van der Waals surface area contributed by atoms with Gasteiger partial charge in [0.25, 0.3) is 15.9 Å². The van der Waals surface area contributed by atoms with E-state index in [4.69, 9.17) is 9.47 Å². The number of aryl methyl sites for hydroxylation is 1. The van der Waals surface area contributed by atoms with Crippen LogP contribution in [0, 0.1) is 17.7 Å². The molecule has 0 aliphatic carbocycles. The van der Waals surface area contributed by atoms with E-state index in [1.807, 2.05) is 13.0 Å². The maximum atomic E-state index is 13.6. The molecule has 242 valence electrons. The third kappa shape index (κ3) is 7.14. The molecule has 0 unspecified atom stereocenters. The number of ether oxygens (including phenoxy) is 2. The van der Waals surface area contributed by atoms with Gasteiger partial charge >= 0.3 is 0 Å². The Morgan fingerprint density at radius 3 is 2.63 bits per heavy atom. The summed E-state index contributed by atoms with van der Waals surface area (Å²) in [6.07, 6.45) is 3.34. The predicted octanol–water partition coefficient (Wildman–Crippen LogP) is 4.77. The molecule has 0 saturated carbocycles. The van der Waals surface area contributed by atoms with E-state index in [9.17, 15) is 18.1 Å². The second-order valence-corrected chi connectivity index (χ2v) is 13.5. The summed E-state index contributed by atoms with van der Waals surface area (Å²) in [7, 11) is -2.31. The number of aromatic nitrogens is 2. The van der Waals surface area contributed by atoms with Crippen LogP contribution in [0.3, 0.4) is 0 Å². The number of sulfonamides is 1. The molecule has 2 fully saturated rings.